The highest BCUT2D eigenvalue weighted by Gasteiger charge is 2.32. The van der Waals surface area contributed by atoms with Crippen LogP contribution in [0, 0.1) is 0 Å². The van der Waals surface area contributed by atoms with Crippen molar-refractivity contribution in [2.45, 2.75) is 6.61 Å². The number of methoxy groups -OCH3 is 1. The van der Waals surface area contributed by atoms with Gasteiger partial charge in [-0.05, 0) is 41.6 Å². The Kier molecular flexibility index (Phi) is 6.41. The van der Waals surface area contributed by atoms with Gasteiger partial charge in [-0.1, -0.05) is 42.5 Å². The number of carbonyl (C=O) groups is 2. The number of nitrogens with one attached hydrogen (secondary N) is 1. The molecule has 0 bridgehead atoms. The van der Waals surface area contributed by atoms with E-state index in [0.717, 1.165) is 5.56 Å². The zero-order chi connectivity index (χ0) is 20.8. The molecule has 1 saturated heterocycles. The Morgan fingerprint density at radius 3 is 2.59 bits per heavy atom. The van der Waals surface area contributed by atoms with Crippen molar-refractivity contribution >= 4 is 35.2 Å². The summed E-state index contributed by atoms with van der Waals surface area (Å²) in [6.45, 7) is 4.18. The minimum Gasteiger partial charge on any atom is -0.493 e. The molecule has 1 N–H and O–H groups in total. The maximum Gasteiger partial charge on any atom is 0.265 e. The second-order valence-electron chi connectivity index (χ2n) is 6.21. The molecule has 29 heavy (non-hydrogen) atoms. The number of carbonyl (C=O) groups excluding carboxylic acids is 2. The lowest BCUT2D eigenvalue weighted by molar-refractivity contribution is -0.128. The van der Waals surface area contributed by atoms with Gasteiger partial charge < -0.3 is 9.47 Å². The molecule has 2 aromatic carbocycles. The normalized spacial score (nSPS) is 15.3. The molecule has 3 rings (SSSR count). The van der Waals surface area contributed by atoms with Gasteiger partial charge >= 0.3 is 0 Å². The summed E-state index contributed by atoms with van der Waals surface area (Å²) in [6.07, 6.45) is 3.05. The average molecular weight is 408 g/mol. The topological polar surface area (TPSA) is 67.9 Å². The smallest absolute Gasteiger partial charge is 0.265 e. The third-order valence-electron chi connectivity index (χ3n) is 4.23. The predicted molar refractivity (Wildman–Crippen MR) is 114 cm³/mol. The number of nitrogens with zero attached hydrogens (tertiary/aromatic N) is 1. The fourth-order valence-corrected chi connectivity index (χ4v) is 3.04. The van der Waals surface area contributed by atoms with Gasteiger partial charge in [0.1, 0.15) is 12.2 Å². The van der Waals surface area contributed by atoms with Crippen LogP contribution in [0.4, 0.5) is 0 Å². The minimum atomic E-state index is -0.539. The van der Waals surface area contributed by atoms with Crippen LogP contribution in [0.2, 0.25) is 0 Å². The molecule has 2 amide bonds. The Labute approximate surface area is 174 Å². The van der Waals surface area contributed by atoms with Crippen molar-refractivity contribution in [3.05, 3.63) is 77.9 Å². The Hall–Kier alpha value is -3.45. The SMILES string of the molecule is C=CCN1C(=O)C(=Cc2ccc(OC)c(OCc3ccccc3)c2)C(=O)NC1=S. The van der Waals surface area contributed by atoms with E-state index >= 15 is 0 Å². The summed E-state index contributed by atoms with van der Waals surface area (Å²) in [7, 11) is 1.55. The number of hydrogen-bond acceptors (Lipinski definition) is 5. The van der Waals surface area contributed by atoms with Crippen LogP contribution < -0.4 is 14.8 Å². The zero-order valence-corrected chi connectivity index (χ0v) is 16.7. The van der Waals surface area contributed by atoms with Crippen LogP contribution in [0.1, 0.15) is 11.1 Å². The summed E-state index contributed by atoms with van der Waals surface area (Å²) in [5.41, 5.74) is 1.62. The van der Waals surface area contributed by atoms with Crippen molar-refractivity contribution in [1.29, 1.82) is 0 Å². The molecule has 0 saturated carbocycles. The van der Waals surface area contributed by atoms with Gasteiger partial charge in [-0.3, -0.25) is 19.8 Å². The maximum atomic E-state index is 12.7. The van der Waals surface area contributed by atoms with E-state index in [4.69, 9.17) is 21.7 Å². The lowest BCUT2D eigenvalue weighted by Crippen LogP contribution is -2.53. The van der Waals surface area contributed by atoms with Crippen molar-refractivity contribution in [2.24, 2.45) is 0 Å². The Morgan fingerprint density at radius 2 is 1.90 bits per heavy atom. The molecule has 0 radical (unpaired) electrons. The Bertz CT molecular complexity index is 986. The fourth-order valence-electron chi connectivity index (χ4n) is 2.79. The number of thiocarbonyl (C=S) groups is 1. The van der Waals surface area contributed by atoms with E-state index in [0.29, 0.717) is 23.7 Å². The van der Waals surface area contributed by atoms with Crippen LogP contribution >= 0.6 is 12.2 Å². The van der Waals surface area contributed by atoms with E-state index in [1.165, 1.54) is 11.0 Å². The third kappa shape index (κ3) is 4.70. The van der Waals surface area contributed by atoms with Gasteiger partial charge in [0, 0.05) is 6.54 Å². The Morgan fingerprint density at radius 1 is 1.14 bits per heavy atom. The van der Waals surface area contributed by atoms with E-state index in [2.05, 4.69) is 11.9 Å². The highest BCUT2D eigenvalue weighted by Crippen LogP contribution is 2.30. The lowest BCUT2D eigenvalue weighted by Gasteiger charge is -2.27. The molecule has 1 heterocycles. The molecule has 0 unspecified atom stereocenters. The first kappa shape index (κ1) is 20.3. The predicted octanol–water partition coefficient (Wildman–Crippen LogP) is 3.09. The van der Waals surface area contributed by atoms with E-state index < -0.39 is 11.8 Å². The number of hydrogen-bond donors (Lipinski definition) is 1. The fraction of sp³-hybridized carbons (Fsp3) is 0.136. The molecule has 1 fully saturated rings. The molecule has 0 aliphatic carbocycles. The molecule has 0 spiro atoms. The quantitative estimate of drug-likeness (QED) is 0.330. The van der Waals surface area contributed by atoms with Crippen molar-refractivity contribution in [2.75, 3.05) is 13.7 Å². The average Bonchev–Trinajstić information content (AvgIpc) is 2.73. The highest BCUT2D eigenvalue weighted by molar-refractivity contribution is 7.80. The number of rotatable bonds is 7. The van der Waals surface area contributed by atoms with Gasteiger partial charge in [0.05, 0.1) is 7.11 Å². The molecule has 148 valence electrons. The van der Waals surface area contributed by atoms with Gasteiger partial charge in [0.2, 0.25) is 0 Å². The van der Waals surface area contributed by atoms with Crippen molar-refractivity contribution in [1.82, 2.24) is 10.2 Å². The highest BCUT2D eigenvalue weighted by atomic mass is 32.1. The van der Waals surface area contributed by atoms with Crippen LogP contribution in [0.15, 0.2) is 66.8 Å². The molecule has 0 aromatic heterocycles. The summed E-state index contributed by atoms with van der Waals surface area (Å²) >= 11 is 5.06. The van der Waals surface area contributed by atoms with Crippen LogP contribution in [0.25, 0.3) is 6.08 Å². The summed E-state index contributed by atoms with van der Waals surface area (Å²) < 4.78 is 11.2. The first-order chi connectivity index (χ1) is 14.0. The standard InChI is InChI=1S/C22H20N2O4S/c1-3-11-24-21(26)17(20(25)23-22(24)29)12-16-9-10-18(27-2)19(13-16)28-14-15-7-5-4-6-8-15/h3-10,12-13H,1,11,14H2,2H3,(H,23,25,29). The van der Waals surface area contributed by atoms with E-state index in [9.17, 15) is 9.59 Å². The molecular formula is C22H20N2O4S. The summed E-state index contributed by atoms with van der Waals surface area (Å²) in [5.74, 6) is 0.0499. The molecule has 1 aliphatic heterocycles. The summed E-state index contributed by atoms with van der Waals surface area (Å²) in [6, 6.07) is 14.9. The largest absolute Gasteiger partial charge is 0.493 e. The van der Waals surface area contributed by atoms with Crippen LogP contribution in [0.5, 0.6) is 11.5 Å². The van der Waals surface area contributed by atoms with Crippen molar-refractivity contribution in [3.8, 4) is 11.5 Å². The minimum absolute atomic E-state index is 0.0142. The van der Waals surface area contributed by atoms with Gasteiger partial charge in [-0.15, -0.1) is 6.58 Å². The molecule has 6 nitrogen and oxygen atoms in total. The van der Waals surface area contributed by atoms with E-state index in [1.807, 2.05) is 30.3 Å². The Balaban J connectivity index is 1.88. The van der Waals surface area contributed by atoms with Gasteiger partial charge in [0.15, 0.2) is 16.6 Å². The first-order valence-electron chi connectivity index (χ1n) is 8.88. The molecule has 1 aliphatic rings. The zero-order valence-electron chi connectivity index (χ0n) is 15.9. The van der Waals surface area contributed by atoms with Crippen LogP contribution in [-0.4, -0.2) is 35.5 Å². The number of ether oxygens (including phenoxy) is 2. The molecule has 7 heteroatoms. The first-order valence-corrected chi connectivity index (χ1v) is 9.29. The van der Waals surface area contributed by atoms with Gasteiger partial charge in [-0.2, -0.15) is 0 Å². The molecule has 2 aromatic rings. The van der Waals surface area contributed by atoms with Crippen LogP contribution in [0.3, 0.4) is 0 Å². The second-order valence-corrected chi connectivity index (χ2v) is 6.59. The number of benzene rings is 2. The maximum absolute atomic E-state index is 12.7. The summed E-state index contributed by atoms with van der Waals surface area (Å²) in [4.78, 5) is 26.2. The third-order valence-corrected chi connectivity index (χ3v) is 4.56. The molecule has 0 atom stereocenters. The molecular weight excluding hydrogens is 388 g/mol. The van der Waals surface area contributed by atoms with Crippen molar-refractivity contribution < 1.29 is 19.1 Å². The van der Waals surface area contributed by atoms with E-state index in [-0.39, 0.29) is 17.2 Å². The lowest BCUT2D eigenvalue weighted by atomic mass is 10.1. The van der Waals surface area contributed by atoms with Crippen LogP contribution in [-0.2, 0) is 16.2 Å². The van der Waals surface area contributed by atoms with E-state index in [1.54, 1.807) is 31.4 Å². The monoisotopic (exact) mass is 408 g/mol. The number of amides is 2. The summed E-state index contributed by atoms with van der Waals surface area (Å²) in [5, 5.41) is 2.59. The van der Waals surface area contributed by atoms with Gasteiger partial charge in [-0.25, -0.2) is 0 Å². The van der Waals surface area contributed by atoms with Gasteiger partial charge in [0.25, 0.3) is 11.8 Å². The second kappa shape index (κ2) is 9.16. The van der Waals surface area contributed by atoms with Crippen molar-refractivity contribution in [3.63, 3.8) is 0 Å².